The Balaban J connectivity index is 1.53. The quantitative estimate of drug-likeness (QED) is 0.607. The Kier molecular flexibility index (Phi) is 6.45. The van der Waals surface area contributed by atoms with Crippen LogP contribution in [0, 0.1) is 5.82 Å². The highest BCUT2D eigenvalue weighted by Gasteiger charge is 2.26. The average Bonchev–Trinajstić information content (AvgIpc) is 3.23. The van der Waals surface area contributed by atoms with Crippen molar-refractivity contribution in [2.75, 3.05) is 7.11 Å². The number of hydrogen-bond acceptors (Lipinski definition) is 5. The van der Waals surface area contributed by atoms with Crippen LogP contribution in [0.25, 0.3) is 11.5 Å². The molecule has 0 saturated heterocycles. The van der Waals surface area contributed by atoms with Gasteiger partial charge in [-0.2, -0.15) is 0 Å². The smallest absolute Gasteiger partial charge is 0.226 e. The average molecular weight is 410 g/mol. The summed E-state index contributed by atoms with van der Waals surface area (Å²) in [7, 11) is 1.67. The number of methoxy groups -OCH3 is 1. The molecule has 0 spiro atoms. The first-order valence-electron chi connectivity index (χ1n) is 10.4. The number of aromatic nitrogens is 1. The Morgan fingerprint density at radius 1 is 1.10 bits per heavy atom. The van der Waals surface area contributed by atoms with E-state index >= 15 is 0 Å². The lowest BCUT2D eigenvalue weighted by Gasteiger charge is -2.35. The van der Waals surface area contributed by atoms with Crippen LogP contribution in [-0.2, 0) is 13.1 Å². The van der Waals surface area contributed by atoms with Crippen LogP contribution in [0.4, 0.5) is 4.39 Å². The Labute approximate surface area is 176 Å². The number of benzene rings is 2. The molecule has 0 bridgehead atoms. The summed E-state index contributed by atoms with van der Waals surface area (Å²) >= 11 is 0. The molecule has 1 saturated carbocycles. The number of hydrogen-bond donors (Lipinski definition) is 1. The van der Waals surface area contributed by atoms with Crippen LogP contribution >= 0.6 is 0 Å². The summed E-state index contributed by atoms with van der Waals surface area (Å²) in [5, 5.41) is 9.92. The molecule has 1 aromatic heterocycles. The van der Waals surface area contributed by atoms with E-state index in [-0.39, 0.29) is 11.9 Å². The largest absolute Gasteiger partial charge is 0.497 e. The van der Waals surface area contributed by atoms with E-state index in [1.54, 1.807) is 25.5 Å². The van der Waals surface area contributed by atoms with Crippen molar-refractivity contribution in [3.05, 3.63) is 71.9 Å². The van der Waals surface area contributed by atoms with Crippen molar-refractivity contribution in [1.82, 2.24) is 9.88 Å². The van der Waals surface area contributed by atoms with Crippen molar-refractivity contribution in [3.63, 3.8) is 0 Å². The van der Waals surface area contributed by atoms with E-state index in [1.807, 2.05) is 18.2 Å². The number of nitrogens with zero attached hydrogens (tertiary/aromatic N) is 2. The molecule has 0 aliphatic heterocycles. The maximum atomic E-state index is 13.5. The zero-order valence-corrected chi connectivity index (χ0v) is 17.1. The first kappa shape index (κ1) is 20.6. The molecule has 0 radical (unpaired) electrons. The molecule has 1 heterocycles. The molecule has 1 fully saturated rings. The van der Waals surface area contributed by atoms with Crippen LogP contribution in [0.2, 0.25) is 0 Å². The van der Waals surface area contributed by atoms with Gasteiger partial charge in [-0.1, -0.05) is 18.2 Å². The molecule has 0 amide bonds. The summed E-state index contributed by atoms with van der Waals surface area (Å²) in [6, 6.07) is 14.7. The molecule has 0 unspecified atom stereocenters. The van der Waals surface area contributed by atoms with Crippen LogP contribution < -0.4 is 4.74 Å². The van der Waals surface area contributed by atoms with Gasteiger partial charge in [0.1, 0.15) is 17.8 Å². The molecule has 4 rings (SSSR count). The van der Waals surface area contributed by atoms with Crippen molar-refractivity contribution in [1.29, 1.82) is 0 Å². The molecular formula is C24H27FN2O3. The van der Waals surface area contributed by atoms with E-state index in [0.717, 1.165) is 49.2 Å². The number of oxazole rings is 1. The van der Waals surface area contributed by atoms with Gasteiger partial charge >= 0.3 is 0 Å². The highest BCUT2D eigenvalue weighted by molar-refractivity contribution is 5.52. The molecular weight excluding hydrogens is 383 g/mol. The summed E-state index contributed by atoms with van der Waals surface area (Å²) in [5.74, 6) is 0.943. The van der Waals surface area contributed by atoms with E-state index in [9.17, 15) is 9.50 Å². The fourth-order valence-electron chi connectivity index (χ4n) is 4.08. The van der Waals surface area contributed by atoms with Gasteiger partial charge in [0.25, 0.3) is 0 Å². The Hall–Kier alpha value is -2.70. The third-order valence-electron chi connectivity index (χ3n) is 5.69. The lowest BCUT2D eigenvalue weighted by atomic mass is 9.91. The molecule has 1 N–H and O–H groups in total. The molecule has 1 aliphatic rings. The van der Waals surface area contributed by atoms with Crippen molar-refractivity contribution < 1.29 is 18.7 Å². The van der Waals surface area contributed by atoms with Gasteiger partial charge in [-0.15, -0.1) is 0 Å². The maximum Gasteiger partial charge on any atom is 0.226 e. The monoisotopic (exact) mass is 410 g/mol. The van der Waals surface area contributed by atoms with Gasteiger partial charge in [0.05, 0.1) is 18.9 Å². The summed E-state index contributed by atoms with van der Waals surface area (Å²) < 4.78 is 24.5. The van der Waals surface area contributed by atoms with Gasteiger partial charge < -0.3 is 14.3 Å². The number of rotatable bonds is 7. The predicted molar refractivity (Wildman–Crippen MR) is 112 cm³/mol. The van der Waals surface area contributed by atoms with Crippen LogP contribution in [-0.4, -0.2) is 34.2 Å². The number of ether oxygens (including phenoxy) is 1. The van der Waals surface area contributed by atoms with Gasteiger partial charge in [-0.05, 0) is 61.6 Å². The fraction of sp³-hybridized carbons (Fsp3) is 0.375. The van der Waals surface area contributed by atoms with Gasteiger partial charge in [-0.3, -0.25) is 4.90 Å². The Bertz CT molecular complexity index is 966. The normalized spacial score (nSPS) is 19.2. The summed E-state index contributed by atoms with van der Waals surface area (Å²) in [6.07, 6.45) is 4.96. The zero-order valence-electron chi connectivity index (χ0n) is 17.1. The van der Waals surface area contributed by atoms with Gasteiger partial charge in [0, 0.05) is 24.7 Å². The Morgan fingerprint density at radius 2 is 1.90 bits per heavy atom. The van der Waals surface area contributed by atoms with Crippen LogP contribution in [0.15, 0.2) is 59.2 Å². The highest BCUT2D eigenvalue weighted by Crippen LogP contribution is 2.28. The van der Waals surface area contributed by atoms with Crippen LogP contribution in [0.5, 0.6) is 5.75 Å². The van der Waals surface area contributed by atoms with Crippen molar-refractivity contribution in [2.24, 2.45) is 0 Å². The molecule has 2 aromatic carbocycles. The van der Waals surface area contributed by atoms with Crippen LogP contribution in [0.1, 0.15) is 36.9 Å². The van der Waals surface area contributed by atoms with E-state index in [2.05, 4.69) is 16.0 Å². The summed E-state index contributed by atoms with van der Waals surface area (Å²) in [5.41, 5.74) is 2.60. The molecule has 5 nitrogen and oxygen atoms in total. The van der Waals surface area contributed by atoms with E-state index in [4.69, 9.17) is 9.15 Å². The topological polar surface area (TPSA) is 58.7 Å². The molecule has 30 heavy (non-hydrogen) atoms. The minimum absolute atomic E-state index is 0.202. The van der Waals surface area contributed by atoms with E-state index in [1.165, 1.54) is 12.1 Å². The second kappa shape index (κ2) is 9.41. The maximum absolute atomic E-state index is 13.5. The standard InChI is InChI=1S/C24H27FN2O3/c1-29-23-7-2-4-17(12-23)14-27(21-8-10-22(28)11-9-21)15-20-16-30-24(26-20)18-5-3-6-19(25)13-18/h2-7,12-13,16,21-22,28H,8-11,14-15H2,1H3. The first-order chi connectivity index (χ1) is 14.6. The summed E-state index contributed by atoms with van der Waals surface area (Å²) in [4.78, 5) is 6.98. The highest BCUT2D eigenvalue weighted by atomic mass is 19.1. The molecule has 3 aromatic rings. The zero-order chi connectivity index (χ0) is 20.9. The van der Waals surface area contributed by atoms with E-state index < -0.39 is 0 Å². The van der Waals surface area contributed by atoms with Gasteiger partial charge in [-0.25, -0.2) is 9.37 Å². The van der Waals surface area contributed by atoms with Crippen molar-refractivity contribution in [2.45, 2.75) is 50.9 Å². The number of aliphatic hydroxyl groups excluding tert-OH is 1. The minimum atomic E-state index is -0.312. The predicted octanol–water partition coefficient (Wildman–Crippen LogP) is 4.80. The SMILES string of the molecule is COc1cccc(CN(Cc2coc(-c3cccc(F)c3)n2)C2CCC(O)CC2)c1. The molecule has 158 valence electrons. The lowest BCUT2D eigenvalue weighted by Crippen LogP contribution is -2.38. The third kappa shape index (κ3) is 5.07. The second-order valence-corrected chi connectivity index (χ2v) is 7.87. The Morgan fingerprint density at radius 3 is 2.67 bits per heavy atom. The minimum Gasteiger partial charge on any atom is -0.497 e. The molecule has 6 heteroatoms. The fourth-order valence-corrected chi connectivity index (χ4v) is 4.08. The van der Waals surface area contributed by atoms with Crippen molar-refractivity contribution >= 4 is 0 Å². The van der Waals surface area contributed by atoms with Gasteiger partial charge in [0.15, 0.2) is 0 Å². The van der Waals surface area contributed by atoms with E-state index in [0.29, 0.717) is 24.0 Å². The van der Waals surface area contributed by atoms with Crippen LogP contribution in [0.3, 0.4) is 0 Å². The summed E-state index contributed by atoms with van der Waals surface area (Å²) in [6.45, 7) is 1.37. The van der Waals surface area contributed by atoms with Crippen molar-refractivity contribution in [3.8, 4) is 17.2 Å². The third-order valence-corrected chi connectivity index (χ3v) is 5.69. The second-order valence-electron chi connectivity index (χ2n) is 7.87. The molecule has 1 aliphatic carbocycles. The van der Waals surface area contributed by atoms with Gasteiger partial charge in [0.2, 0.25) is 5.89 Å². The molecule has 0 atom stereocenters. The number of halogens is 1. The lowest BCUT2D eigenvalue weighted by molar-refractivity contribution is 0.0659. The number of aliphatic hydroxyl groups is 1. The first-order valence-corrected chi connectivity index (χ1v) is 10.4.